The van der Waals surface area contributed by atoms with Crippen molar-refractivity contribution >= 4 is 11.6 Å². The molecule has 0 spiro atoms. The molecular formula is C21H26N4O. The van der Waals surface area contributed by atoms with Crippen molar-refractivity contribution in [2.24, 2.45) is 0 Å². The Morgan fingerprint density at radius 2 is 1.96 bits per heavy atom. The van der Waals surface area contributed by atoms with E-state index in [1.807, 2.05) is 18.0 Å². The second-order valence-corrected chi connectivity index (χ2v) is 7.36. The number of rotatable bonds is 4. The number of carbonyl (C=O) groups excluding carboxylic acids is 1. The number of carbonyl (C=O) groups is 1. The zero-order valence-corrected chi connectivity index (χ0v) is 15.4. The van der Waals surface area contributed by atoms with E-state index < -0.39 is 0 Å². The fraction of sp³-hybridized carbons (Fsp3) is 0.476. The number of aromatic nitrogens is 2. The third kappa shape index (κ3) is 3.57. The molecule has 136 valence electrons. The third-order valence-corrected chi connectivity index (χ3v) is 5.62. The van der Waals surface area contributed by atoms with Crippen LogP contribution in [0.4, 0.5) is 5.69 Å². The van der Waals surface area contributed by atoms with Gasteiger partial charge in [0.05, 0.1) is 11.4 Å². The molecule has 0 bridgehead atoms. The van der Waals surface area contributed by atoms with Crippen molar-refractivity contribution < 1.29 is 4.79 Å². The number of piperidine rings is 1. The molecule has 5 heteroatoms. The van der Waals surface area contributed by atoms with E-state index in [0.29, 0.717) is 12.3 Å². The van der Waals surface area contributed by atoms with E-state index in [4.69, 9.17) is 0 Å². The van der Waals surface area contributed by atoms with Crippen LogP contribution in [-0.4, -0.2) is 47.0 Å². The number of para-hydroxylation sites is 1. The highest BCUT2D eigenvalue weighted by Crippen LogP contribution is 2.29. The molecule has 2 aromatic rings. The van der Waals surface area contributed by atoms with Crippen molar-refractivity contribution in [3.63, 3.8) is 0 Å². The van der Waals surface area contributed by atoms with Crippen LogP contribution in [0.3, 0.4) is 0 Å². The number of hydrogen-bond acceptors (Lipinski definition) is 4. The second kappa shape index (κ2) is 7.44. The fourth-order valence-corrected chi connectivity index (χ4v) is 4.13. The van der Waals surface area contributed by atoms with Gasteiger partial charge in [-0.05, 0) is 37.8 Å². The minimum atomic E-state index is 0.281. The molecule has 4 rings (SSSR count). The lowest BCUT2D eigenvalue weighted by Gasteiger charge is -2.32. The highest BCUT2D eigenvalue weighted by Gasteiger charge is 2.26. The van der Waals surface area contributed by atoms with Gasteiger partial charge in [-0.3, -0.25) is 14.8 Å². The van der Waals surface area contributed by atoms with Crippen LogP contribution in [-0.2, 0) is 11.2 Å². The quantitative estimate of drug-likeness (QED) is 0.851. The van der Waals surface area contributed by atoms with Gasteiger partial charge in [0.1, 0.15) is 0 Å². The van der Waals surface area contributed by atoms with E-state index in [9.17, 15) is 4.79 Å². The molecule has 26 heavy (non-hydrogen) atoms. The number of hydrogen-bond donors (Lipinski definition) is 0. The Hall–Kier alpha value is -2.43. The molecule has 2 aliphatic rings. The molecule has 1 fully saturated rings. The van der Waals surface area contributed by atoms with Crippen LogP contribution < -0.4 is 4.90 Å². The van der Waals surface area contributed by atoms with Gasteiger partial charge < -0.3 is 9.80 Å². The monoisotopic (exact) mass is 350 g/mol. The van der Waals surface area contributed by atoms with Gasteiger partial charge in [-0.25, -0.2) is 0 Å². The molecule has 0 N–H and O–H groups in total. The summed E-state index contributed by atoms with van der Waals surface area (Å²) in [4.78, 5) is 25.9. The van der Waals surface area contributed by atoms with Crippen molar-refractivity contribution in [2.45, 2.75) is 38.5 Å². The number of nitrogens with zero attached hydrogens (tertiary/aromatic N) is 4. The Bertz CT molecular complexity index is 783. The molecule has 0 atom stereocenters. The largest absolute Gasteiger partial charge is 0.370 e. The Morgan fingerprint density at radius 3 is 2.77 bits per heavy atom. The third-order valence-electron chi connectivity index (χ3n) is 5.62. The number of aryl methyl sites for hydroxylation is 1. The van der Waals surface area contributed by atoms with Crippen molar-refractivity contribution in [3.8, 4) is 0 Å². The number of anilines is 1. The topological polar surface area (TPSA) is 49.3 Å². The van der Waals surface area contributed by atoms with E-state index >= 15 is 0 Å². The summed E-state index contributed by atoms with van der Waals surface area (Å²) in [5.74, 6) is 0.708. The Morgan fingerprint density at radius 1 is 1.15 bits per heavy atom. The van der Waals surface area contributed by atoms with Gasteiger partial charge in [0.15, 0.2) is 0 Å². The molecule has 0 radical (unpaired) electrons. The lowest BCUT2D eigenvalue weighted by Crippen LogP contribution is -2.39. The number of benzene rings is 1. The SMILES string of the molecule is Cc1cncc(C2CCN(C(=O)CCN3CCc4ccccc43)CC2)n1. The van der Waals surface area contributed by atoms with Gasteiger partial charge in [-0.15, -0.1) is 0 Å². The average molecular weight is 350 g/mol. The smallest absolute Gasteiger partial charge is 0.224 e. The van der Waals surface area contributed by atoms with Crippen LogP contribution in [0, 0.1) is 6.92 Å². The maximum atomic E-state index is 12.6. The van der Waals surface area contributed by atoms with Gasteiger partial charge in [0, 0.05) is 56.6 Å². The van der Waals surface area contributed by atoms with E-state index in [-0.39, 0.29) is 5.91 Å². The molecule has 0 aliphatic carbocycles. The van der Waals surface area contributed by atoms with Crippen LogP contribution in [0.1, 0.15) is 42.1 Å². The molecule has 0 saturated carbocycles. The standard InChI is InChI=1S/C21H26N4O/c1-16-14-22-15-19(23-16)17-6-11-25(12-7-17)21(26)9-13-24-10-8-18-4-2-3-5-20(18)24/h2-5,14-15,17H,6-13H2,1H3. The summed E-state index contributed by atoms with van der Waals surface area (Å²) < 4.78 is 0. The summed E-state index contributed by atoms with van der Waals surface area (Å²) in [6.07, 6.45) is 7.32. The lowest BCUT2D eigenvalue weighted by atomic mass is 9.93. The summed E-state index contributed by atoms with van der Waals surface area (Å²) >= 11 is 0. The highest BCUT2D eigenvalue weighted by molar-refractivity contribution is 5.77. The zero-order chi connectivity index (χ0) is 17.9. The number of likely N-dealkylation sites (tertiary alicyclic amines) is 1. The van der Waals surface area contributed by atoms with E-state index in [1.54, 1.807) is 6.20 Å². The predicted octanol–water partition coefficient (Wildman–Crippen LogP) is 2.94. The van der Waals surface area contributed by atoms with Gasteiger partial charge in [0.25, 0.3) is 0 Å². The summed E-state index contributed by atoms with van der Waals surface area (Å²) in [6.45, 7) is 5.48. The van der Waals surface area contributed by atoms with Gasteiger partial charge in [0.2, 0.25) is 5.91 Å². The number of fused-ring (bicyclic) bond motifs is 1. The van der Waals surface area contributed by atoms with Crippen LogP contribution in [0.5, 0.6) is 0 Å². The zero-order valence-electron chi connectivity index (χ0n) is 15.4. The molecule has 2 aliphatic heterocycles. The van der Waals surface area contributed by atoms with Gasteiger partial charge >= 0.3 is 0 Å². The molecule has 1 amide bonds. The highest BCUT2D eigenvalue weighted by atomic mass is 16.2. The first kappa shape index (κ1) is 17.0. The van der Waals surface area contributed by atoms with Gasteiger partial charge in [-0.1, -0.05) is 18.2 Å². The maximum absolute atomic E-state index is 12.6. The Balaban J connectivity index is 1.28. The first-order chi connectivity index (χ1) is 12.7. The summed E-state index contributed by atoms with van der Waals surface area (Å²) in [5, 5.41) is 0. The van der Waals surface area contributed by atoms with E-state index in [1.165, 1.54) is 11.3 Å². The second-order valence-electron chi connectivity index (χ2n) is 7.36. The molecule has 5 nitrogen and oxygen atoms in total. The minimum Gasteiger partial charge on any atom is -0.370 e. The first-order valence-corrected chi connectivity index (χ1v) is 9.60. The van der Waals surface area contributed by atoms with E-state index in [0.717, 1.165) is 56.8 Å². The van der Waals surface area contributed by atoms with Crippen molar-refractivity contribution in [1.82, 2.24) is 14.9 Å². The average Bonchev–Trinajstić information content (AvgIpc) is 3.09. The molecular weight excluding hydrogens is 324 g/mol. The Labute approximate surface area is 155 Å². The van der Waals surface area contributed by atoms with Crippen molar-refractivity contribution in [3.05, 3.63) is 53.6 Å². The predicted molar refractivity (Wildman–Crippen MR) is 102 cm³/mol. The van der Waals surface area contributed by atoms with Crippen molar-refractivity contribution in [1.29, 1.82) is 0 Å². The minimum absolute atomic E-state index is 0.281. The molecule has 1 aromatic heterocycles. The summed E-state index contributed by atoms with van der Waals surface area (Å²) in [7, 11) is 0. The maximum Gasteiger partial charge on any atom is 0.224 e. The van der Waals surface area contributed by atoms with Crippen LogP contribution in [0.2, 0.25) is 0 Å². The Kier molecular flexibility index (Phi) is 4.87. The van der Waals surface area contributed by atoms with Crippen LogP contribution in [0.15, 0.2) is 36.7 Å². The molecule has 0 unspecified atom stereocenters. The molecule has 1 aromatic carbocycles. The first-order valence-electron chi connectivity index (χ1n) is 9.60. The molecule has 1 saturated heterocycles. The van der Waals surface area contributed by atoms with Crippen LogP contribution in [0.25, 0.3) is 0 Å². The molecule has 3 heterocycles. The van der Waals surface area contributed by atoms with Crippen molar-refractivity contribution in [2.75, 3.05) is 31.1 Å². The van der Waals surface area contributed by atoms with Crippen LogP contribution >= 0.6 is 0 Å². The fourth-order valence-electron chi connectivity index (χ4n) is 4.13. The summed E-state index contributed by atoms with van der Waals surface area (Å²) in [6, 6.07) is 8.53. The lowest BCUT2D eigenvalue weighted by molar-refractivity contribution is -0.132. The summed E-state index contributed by atoms with van der Waals surface area (Å²) in [5.41, 5.74) is 4.75. The number of amides is 1. The van der Waals surface area contributed by atoms with Gasteiger partial charge in [-0.2, -0.15) is 0 Å². The normalized spacial score (nSPS) is 17.4. The van der Waals surface area contributed by atoms with E-state index in [2.05, 4.69) is 39.1 Å².